The highest BCUT2D eigenvalue weighted by Gasteiger charge is 2.21. The molecular formula is C15H26Cl2N2S. The fourth-order valence-corrected chi connectivity index (χ4v) is 3.06. The maximum absolute atomic E-state index is 3.44. The summed E-state index contributed by atoms with van der Waals surface area (Å²) >= 11 is 1.81. The molecule has 1 aliphatic heterocycles. The van der Waals surface area contributed by atoms with Crippen molar-refractivity contribution in [3.63, 3.8) is 0 Å². The van der Waals surface area contributed by atoms with Gasteiger partial charge in [-0.25, -0.2) is 0 Å². The van der Waals surface area contributed by atoms with Crippen molar-refractivity contribution in [2.75, 3.05) is 32.4 Å². The second-order valence-corrected chi connectivity index (χ2v) is 5.74. The molecule has 20 heavy (non-hydrogen) atoms. The molecule has 0 aliphatic carbocycles. The lowest BCUT2D eigenvalue weighted by Crippen LogP contribution is -2.45. The number of piperazine rings is 1. The molecule has 1 aliphatic rings. The van der Waals surface area contributed by atoms with Crippen molar-refractivity contribution in [1.82, 2.24) is 10.2 Å². The van der Waals surface area contributed by atoms with E-state index in [2.05, 4.69) is 47.7 Å². The Balaban J connectivity index is 0.00000180. The molecule has 0 radical (unpaired) electrons. The molecule has 0 saturated carbocycles. The molecule has 1 atom stereocenters. The second-order valence-electron chi connectivity index (χ2n) is 4.86. The average Bonchev–Trinajstić information content (AvgIpc) is 2.46. The molecule has 2 nitrogen and oxygen atoms in total. The summed E-state index contributed by atoms with van der Waals surface area (Å²) in [5, 5.41) is 3.44. The topological polar surface area (TPSA) is 15.3 Å². The number of nitrogens with one attached hydrogen (secondary N) is 1. The first-order valence-electron chi connectivity index (χ1n) is 6.94. The summed E-state index contributed by atoms with van der Waals surface area (Å²) in [6, 6.07) is 9.74. The van der Waals surface area contributed by atoms with E-state index >= 15 is 0 Å². The van der Waals surface area contributed by atoms with Crippen LogP contribution in [0.5, 0.6) is 0 Å². The van der Waals surface area contributed by atoms with Gasteiger partial charge in [0, 0.05) is 37.1 Å². The molecule has 1 aromatic carbocycles. The predicted molar refractivity (Wildman–Crippen MR) is 94.8 cm³/mol. The van der Waals surface area contributed by atoms with Crippen LogP contribution in [0, 0.1) is 0 Å². The zero-order chi connectivity index (χ0) is 12.8. The van der Waals surface area contributed by atoms with Crippen LogP contribution in [0.15, 0.2) is 29.2 Å². The number of benzene rings is 1. The van der Waals surface area contributed by atoms with Gasteiger partial charge >= 0.3 is 0 Å². The Kier molecular flexibility index (Phi) is 10.8. The van der Waals surface area contributed by atoms with Crippen molar-refractivity contribution < 1.29 is 0 Å². The molecule has 5 heteroatoms. The predicted octanol–water partition coefficient (Wildman–Crippen LogP) is 4.00. The zero-order valence-electron chi connectivity index (χ0n) is 12.3. The van der Waals surface area contributed by atoms with E-state index in [1.165, 1.54) is 36.4 Å². The normalized spacial score (nSPS) is 16.9. The fraction of sp³-hybridized carbons (Fsp3) is 0.600. The molecule has 1 aromatic rings. The molecule has 0 aromatic heterocycles. The highest BCUT2D eigenvalue weighted by molar-refractivity contribution is 7.98. The zero-order valence-corrected chi connectivity index (χ0v) is 14.8. The summed E-state index contributed by atoms with van der Waals surface area (Å²) in [5.41, 5.74) is 1.48. The van der Waals surface area contributed by atoms with Crippen LogP contribution in [0.25, 0.3) is 0 Å². The third-order valence-corrected chi connectivity index (χ3v) is 4.40. The third kappa shape index (κ3) is 5.45. The second kappa shape index (κ2) is 10.7. The van der Waals surface area contributed by atoms with Crippen molar-refractivity contribution in [3.8, 4) is 0 Å². The van der Waals surface area contributed by atoms with E-state index in [9.17, 15) is 0 Å². The monoisotopic (exact) mass is 336 g/mol. The van der Waals surface area contributed by atoms with E-state index in [4.69, 9.17) is 0 Å². The minimum atomic E-state index is 0. The smallest absolute Gasteiger partial charge is 0.0349 e. The van der Waals surface area contributed by atoms with E-state index in [1.54, 1.807) is 0 Å². The molecule has 0 bridgehead atoms. The van der Waals surface area contributed by atoms with Crippen LogP contribution >= 0.6 is 36.6 Å². The summed E-state index contributed by atoms with van der Waals surface area (Å²) in [6.07, 6.45) is 4.65. The van der Waals surface area contributed by atoms with Crippen molar-refractivity contribution >= 4 is 36.6 Å². The van der Waals surface area contributed by atoms with E-state index in [0.29, 0.717) is 6.04 Å². The van der Waals surface area contributed by atoms with Gasteiger partial charge in [0.2, 0.25) is 0 Å². The van der Waals surface area contributed by atoms with E-state index in [0.717, 1.165) is 13.1 Å². The van der Waals surface area contributed by atoms with Crippen molar-refractivity contribution in [3.05, 3.63) is 29.8 Å². The number of hydrogen-bond acceptors (Lipinski definition) is 3. The first-order chi connectivity index (χ1) is 8.85. The lowest BCUT2D eigenvalue weighted by atomic mass is 10.00. The SMILES string of the molecule is CCC[C@@H](c1ccc(SC)cc1)N1CCNCC1.Cl.Cl. The maximum Gasteiger partial charge on any atom is 0.0349 e. The quantitative estimate of drug-likeness (QED) is 0.818. The van der Waals surface area contributed by atoms with Gasteiger partial charge in [-0.15, -0.1) is 36.6 Å². The lowest BCUT2D eigenvalue weighted by molar-refractivity contribution is 0.164. The maximum atomic E-state index is 3.44. The van der Waals surface area contributed by atoms with Crippen LogP contribution in [-0.2, 0) is 0 Å². The Labute approximate surface area is 139 Å². The molecule has 1 saturated heterocycles. The standard InChI is InChI=1S/C15H24N2S.2ClH/c1-3-4-15(17-11-9-16-10-12-17)13-5-7-14(18-2)8-6-13;;/h5-8,15-16H,3-4,9-12H2,1-2H3;2*1H/t15-;;/m0../s1. The summed E-state index contributed by atoms with van der Waals surface area (Å²) < 4.78 is 0. The number of hydrogen-bond donors (Lipinski definition) is 1. The molecule has 0 spiro atoms. The number of thioether (sulfide) groups is 1. The fourth-order valence-electron chi connectivity index (χ4n) is 2.65. The summed E-state index contributed by atoms with van der Waals surface area (Å²) in [7, 11) is 0. The highest BCUT2D eigenvalue weighted by Crippen LogP contribution is 2.27. The first kappa shape index (κ1) is 20.1. The van der Waals surface area contributed by atoms with Gasteiger partial charge in [0.1, 0.15) is 0 Å². The highest BCUT2D eigenvalue weighted by atomic mass is 35.5. The molecule has 1 N–H and O–H groups in total. The molecular weight excluding hydrogens is 311 g/mol. The van der Waals surface area contributed by atoms with Crippen molar-refractivity contribution in [1.29, 1.82) is 0 Å². The molecule has 1 heterocycles. The minimum absolute atomic E-state index is 0. The van der Waals surface area contributed by atoms with Gasteiger partial charge in [0.25, 0.3) is 0 Å². The summed E-state index contributed by atoms with van der Waals surface area (Å²) in [6.45, 7) is 6.89. The van der Waals surface area contributed by atoms with E-state index < -0.39 is 0 Å². The van der Waals surface area contributed by atoms with Gasteiger partial charge in [-0.2, -0.15) is 0 Å². The Hall–Kier alpha value is 0.0700. The van der Waals surface area contributed by atoms with Gasteiger partial charge < -0.3 is 5.32 Å². The van der Waals surface area contributed by atoms with E-state index in [-0.39, 0.29) is 24.8 Å². The summed E-state index contributed by atoms with van der Waals surface area (Å²) in [4.78, 5) is 3.99. The van der Waals surface area contributed by atoms with Crippen LogP contribution in [-0.4, -0.2) is 37.3 Å². The number of rotatable bonds is 5. The van der Waals surface area contributed by atoms with Crippen LogP contribution in [0.3, 0.4) is 0 Å². The van der Waals surface area contributed by atoms with Gasteiger partial charge in [0.15, 0.2) is 0 Å². The largest absolute Gasteiger partial charge is 0.314 e. The minimum Gasteiger partial charge on any atom is -0.314 e. The van der Waals surface area contributed by atoms with Crippen LogP contribution in [0.4, 0.5) is 0 Å². The Morgan fingerprint density at radius 3 is 2.25 bits per heavy atom. The average molecular weight is 337 g/mol. The Bertz CT molecular complexity index is 353. The molecule has 1 fully saturated rings. The Morgan fingerprint density at radius 1 is 1.15 bits per heavy atom. The van der Waals surface area contributed by atoms with Gasteiger partial charge in [0.05, 0.1) is 0 Å². The van der Waals surface area contributed by atoms with Crippen molar-refractivity contribution in [2.24, 2.45) is 0 Å². The van der Waals surface area contributed by atoms with Crippen LogP contribution < -0.4 is 5.32 Å². The molecule has 0 amide bonds. The molecule has 2 rings (SSSR count). The van der Waals surface area contributed by atoms with Crippen LogP contribution in [0.2, 0.25) is 0 Å². The van der Waals surface area contributed by atoms with Gasteiger partial charge in [-0.3, -0.25) is 4.90 Å². The lowest BCUT2D eigenvalue weighted by Gasteiger charge is -2.35. The number of nitrogens with zero attached hydrogens (tertiary/aromatic N) is 1. The van der Waals surface area contributed by atoms with Gasteiger partial charge in [-0.1, -0.05) is 25.5 Å². The molecule has 0 unspecified atom stereocenters. The van der Waals surface area contributed by atoms with Crippen LogP contribution in [0.1, 0.15) is 31.4 Å². The Morgan fingerprint density at radius 2 is 1.75 bits per heavy atom. The summed E-state index contributed by atoms with van der Waals surface area (Å²) in [5.74, 6) is 0. The van der Waals surface area contributed by atoms with Crippen molar-refractivity contribution in [2.45, 2.75) is 30.7 Å². The van der Waals surface area contributed by atoms with E-state index in [1.807, 2.05) is 11.8 Å². The number of halogens is 2. The first-order valence-corrected chi connectivity index (χ1v) is 8.16. The van der Waals surface area contributed by atoms with Gasteiger partial charge in [-0.05, 0) is 30.4 Å². The molecule has 116 valence electrons. The third-order valence-electron chi connectivity index (χ3n) is 3.66.